The number of esters is 2. The Labute approximate surface area is 131 Å². The molecule has 1 atom stereocenters. The lowest BCUT2D eigenvalue weighted by Gasteiger charge is -2.26. The summed E-state index contributed by atoms with van der Waals surface area (Å²) in [4.78, 5) is 36.0. The Bertz CT molecular complexity index is 403. The predicted molar refractivity (Wildman–Crippen MR) is 82.2 cm³/mol. The lowest BCUT2D eigenvalue weighted by atomic mass is 10.1. The van der Waals surface area contributed by atoms with Gasteiger partial charge in [-0.05, 0) is 19.8 Å². The van der Waals surface area contributed by atoms with Crippen molar-refractivity contribution in [3.63, 3.8) is 0 Å². The summed E-state index contributed by atoms with van der Waals surface area (Å²) in [6.07, 6.45) is 1.98. The van der Waals surface area contributed by atoms with Gasteiger partial charge in [-0.15, -0.1) is 0 Å². The molecule has 0 saturated heterocycles. The zero-order valence-corrected chi connectivity index (χ0v) is 13.9. The van der Waals surface area contributed by atoms with Gasteiger partial charge in [0.05, 0.1) is 13.2 Å². The molecule has 0 aromatic rings. The average molecular weight is 314 g/mol. The molecule has 0 fully saturated rings. The lowest BCUT2D eigenvalue weighted by molar-refractivity contribution is -0.140. The van der Waals surface area contributed by atoms with E-state index in [-0.39, 0.29) is 24.6 Å². The van der Waals surface area contributed by atoms with Crippen molar-refractivity contribution in [3.05, 3.63) is 12.2 Å². The normalized spacial score (nSPS) is 12.1. The fourth-order valence-electron chi connectivity index (χ4n) is 1.59. The molecule has 0 aromatic carbocycles. The van der Waals surface area contributed by atoms with Crippen LogP contribution in [0.5, 0.6) is 0 Å². The van der Waals surface area contributed by atoms with Crippen LogP contribution < -0.4 is 5.32 Å². The first-order valence-corrected chi connectivity index (χ1v) is 7.33. The van der Waals surface area contributed by atoms with Crippen molar-refractivity contribution in [3.8, 4) is 0 Å². The van der Waals surface area contributed by atoms with Crippen LogP contribution >= 0.6 is 0 Å². The maximum absolute atomic E-state index is 12.0. The van der Waals surface area contributed by atoms with Crippen LogP contribution in [0.25, 0.3) is 0 Å². The van der Waals surface area contributed by atoms with Crippen molar-refractivity contribution in [2.24, 2.45) is 5.92 Å². The maximum atomic E-state index is 12.0. The summed E-state index contributed by atoms with van der Waals surface area (Å²) >= 11 is 0. The maximum Gasteiger partial charge on any atom is 0.331 e. The lowest BCUT2D eigenvalue weighted by Crippen LogP contribution is -2.48. The Balaban J connectivity index is 4.48. The monoisotopic (exact) mass is 314 g/mol. The largest absolute Gasteiger partial charge is 0.466 e. The molecule has 0 bridgehead atoms. The first-order chi connectivity index (χ1) is 10.3. The van der Waals surface area contributed by atoms with Crippen molar-refractivity contribution >= 4 is 18.0 Å². The highest BCUT2D eigenvalue weighted by molar-refractivity contribution is 5.91. The third kappa shape index (κ3) is 7.66. The first kappa shape index (κ1) is 19.9. The number of amides is 2. The van der Waals surface area contributed by atoms with Gasteiger partial charge < -0.3 is 19.7 Å². The van der Waals surface area contributed by atoms with E-state index in [4.69, 9.17) is 4.74 Å². The van der Waals surface area contributed by atoms with E-state index in [1.807, 2.05) is 27.7 Å². The molecule has 0 aliphatic rings. The van der Waals surface area contributed by atoms with Gasteiger partial charge in [0.15, 0.2) is 0 Å². The zero-order valence-electron chi connectivity index (χ0n) is 13.9. The fourth-order valence-corrected chi connectivity index (χ4v) is 1.59. The van der Waals surface area contributed by atoms with Crippen molar-refractivity contribution < 1.29 is 23.9 Å². The van der Waals surface area contributed by atoms with E-state index >= 15 is 0 Å². The van der Waals surface area contributed by atoms with Gasteiger partial charge in [0.25, 0.3) is 0 Å². The number of carbonyl (C=O) groups is 3. The molecular formula is C15H26N2O5. The number of rotatable bonds is 8. The summed E-state index contributed by atoms with van der Waals surface area (Å²) in [6.45, 7) is 8.88. The van der Waals surface area contributed by atoms with E-state index in [0.29, 0.717) is 13.1 Å². The molecular weight excluding hydrogens is 288 g/mol. The van der Waals surface area contributed by atoms with Crippen LogP contribution in [-0.4, -0.2) is 55.7 Å². The molecule has 2 amide bonds. The highest BCUT2D eigenvalue weighted by Gasteiger charge is 2.20. The number of nitrogens with one attached hydrogen (secondary N) is 1. The van der Waals surface area contributed by atoms with Gasteiger partial charge in [-0.2, -0.15) is 0 Å². The highest BCUT2D eigenvalue weighted by Crippen LogP contribution is 2.04. The quantitative estimate of drug-likeness (QED) is 0.540. The molecule has 0 saturated carbocycles. The summed E-state index contributed by atoms with van der Waals surface area (Å²) in [5.41, 5.74) is 0. The summed E-state index contributed by atoms with van der Waals surface area (Å²) < 4.78 is 9.41. The van der Waals surface area contributed by atoms with E-state index in [9.17, 15) is 14.4 Å². The Hall–Kier alpha value is -2.05. The molecule has 0 aliphatic heterocycles. The molecule has 0 unspecified atom stereocenters. The molecule has 7 nitrogen and oxygen atoms in total. The Morgan fingerprint density at radius 1 is 1.09 bits per heavy atom. The highest BCUT2D eigenvalue weighted by atomic mass is 16.5. The van der Waals surface area contributed by atoms with Crippen molar-refractivity contribution in [1.29, 1.82) is 0 Å². The Kier molecular flexibility index (Phi) is 9.65. The summed E-state index contributed by atoms with van der Waals surface area (Å²) in [6, 6.07) is -0.492. The van der Waals surface area contributed by atoms with Crippen LogP contribution in [0.15, 0.2) is 12.2 Å². The van der Waals surface area contributed by atoms with Gasteiger partial charge >= 0.3 is 18.0 Å². The second-order valence-corrected chi connectivity index (χ2v) is 4.96. The Morgan fingerprint density at radius 2 is 1.64 bits per heavy atom. The van der Waals surface area contributed by atoms with Gasteiger partial charge in [0.1, 0.15) is 6.61 Å². The third-order valence-corrected chi connectivity index (χ3v) is 3.13. The minimum Gasteiger partial charge on any atom is -0.466 e. The topological polar surface area (TPSA) is 84.9 Å². The summed E-state index contributed by atoms with van der Waals surface area (Å²) in [5, 5.41) is 2.84. The van der Waals surface area contributed by atoms with Crippen molar-refractivity contribution in [2.75, 3.05) is 26.8 Å². The summed E-state index contributed by atoms with van der Waals surface area (Å²) in [5.74, 6) is -1.20. The smallest absolute Gasteiger partial charge is 0.331 e. The van der Waals surface area contributed by atoms with Gasteiger partial charge in [0, 0.05) is 25.2 Å². The van der Waals surface area contributed by atoms with Gasteiger partial charge in [-0.1, -0.05) is 13.8 Å². The second-order valence-electron chi connectivity index (χ2n) is 4.96. The molecule has 0 aromatic heterocycles. The summed E-state index contributed by atoms with van der Waals surface area (Å²) in [7, 11) is 1.22. The number of hydrogen-bond donors (Lipinski definition) is 1. The fraction of sp³-hybridized carbons (Fsp3) is 0.667. The molecule has 7 heteroatoms. The van der Waals surface area contributed by atoms with Crippen LogP contribution in [0.1, 0.15) is 27.7 Å². The van der Waals surface area contributed by atoms with E-state index in [1.54, 1.807) is 4.90 Å². The number of ether oxygens (including phenoxy) is 2. The molecule has 0 heterocycles. The van der Waals surface area contributed by atoms with Crippen LogP contribution in [0.3, 0.4) is 0 Å². The van der Waals surface area contributed by atoms with Gasteiger partial charge in [-0.3, -0.25) is 0 Å². The van der Waals surface area contributed by atoms with E-state index < -0.39 is 11.9 Å². The van der Waals surface area contributed by atoms with Gasteiger partial charge in [0.2, 0.25) is 0 Å². The third-order valence-electron chi connectivity index (χ3n) is 3.13. The molecule has 0 radical (unpaired) electrons. The molecule has 0 spiro atoms. The second kappa shape index (κ2) is 10.6. The van der Waals surface area contributed by atoms with E-state index in [0.717, 1.165) is 12.2 Å². The zero-order chi connectivity index (χ0) is 17.1. The molecule has 22 heavy (non-hydrogen) atoms. The minimum atomic E-state index is -0.659. The van der Waals surface area contributed by atoms with Crippen molar-refractivity contribution in [2.45, 2.75) is 33.7 Å². The van der Waals surface area contributed by atoms with Gasteiger partial charge in [-0.25, -0.2) is 14.4 Å². The molecule has 0 aliphatic carbocycles. The first-order valence-electron chi connectivity index (χ1n) is 7.33. The van der Waals surface area contributed by atoms with Crippen LogP contribution in [-0.2, 0) is 19.1 Å². The standard InChI is InChI=1S/C15H26N2O5/c1-6-17(7-2)15(20)16-12(11(3)4)10-22-14(19)9-8-13(18)21-5/h8-9,11-12H,6-7,10H2,1-5H3,(H,16,20)/b9-8+/t12-/m0/s1. The van der Waals surface area contributed by atoms with Crippen LogP contribution in [0, 0.1) is 5.92 Å². The molecule has 1 N–H and O–H groups in total. The predicted octanol–water partition coefficient (Wildman–Crippen LogP) is 1.33. The number of nitrogens with zero attached hydrogens (tertiary/aromatic N) is 1. The average Bonchev–Trinajstić information content (AvgIpc) is 2.49. The van der Waals surface area contributed by atoms with Crippen LogP contribution in [0.4, 0.5) is 4.79 Å². The number of carbonyl (C=O) groups excluding carboxylic acids is 3. The van der Waals surface area contributed by atoms with Crippen LogP contribution in [0.2, 0.25) is 0 Å². The molecule has 126 valence electrons. The number of urea groups is 1. The van der Waals surface area contributed by atoms with E-state index in [1.165, 1.54) is 7.11 Å². The number of hydrogen-bond acceptors (Lipinski definition) is 5. The minimum absolute atomic E-state index is 0.0367. The number of methoxy groups -OCH3 is 1. The van der Waals surface area contributed by atoms with Crippen molar-refractivity contribution in [1.82, 2.24) is 10.2 Å². The Morgan fingerprint density at radius 3 is 2.09 bits per heavy atom. The SMILES string of the molecule is CCN(CC)C(=O)N[C@@H](COC(=O)/C=C/C(=O)OC)C(C)C. The van der Waals surface area contributed by atoms with E-state index in [2.05, 4.69) is 10.1 Å². The molecule has 0 rings (SSSR count).